The predicted molar refractivity (Wildman–Crippen MR) is 196 cm³/mol. The van der Waals surface area contributed by atoms with Crippen molar-refractivity contribution in [2.24, 2.45) is 35.3 Å². The molecule has 2 aliphatic rings. The second-order valence-electron chi connectivity index (χ2n) is 13.9. The summed E-state index contributed by atoms with van der Waals surface area (Å²) in [5, 5.41) is 41.6. The van der Waals surface area contributed by atoms with E-state index in [1.54, 1.807) is 0 Å². The summed E-state index contributed by atoms with van der Waals surface area (Å²) in [6.07, 6.45) is 13.9. The number of nitrogens with two attached hydrogens (primary N) is 1. The number of aliphatic carboxylic acids is 1. The van der Waals surface area contributed by atoms with Gasteiger partial charge in [0.15, 0.2) is 0 Å². The van der Waals surface area contributed by atoms with Gasteiger partial charge in [-0.2, -0.15) is 0 Å². The molecule has 6 nitrogen and oxygen atoms in total. The molecule has 1 saturated carbocycles. The van der Waals surface area contributed by atoms with Crippen molar-refractivity contribution in [2.45, 2.75) is 108 Å². The Morgan fingerprint density at radius 3 is 2.36 bits per heavy atom. The monoisotopic (exact) mass is 683 g/mol. The number of fused-ring (bicyclic) bond motifs is 1. The topological polar surface area (TPSA) is 124 Å². The van der Waals surface area contributed by atoms with Gasteiger partial charge in [-0.3, -0.25) is 4.79 Å². The first kappa shape index (κ1) is 38.0. The molecule has 0 saturated heterocycles. The van der Waals surface area contributed by atoms with E-state index in [1.165, 1.54) is 23.1 Å². The van der Waals surface area contributed by atoms with Crippen molar-refractivity contribution >= 4 is 27.6 Å². The Morgan fingerprint density at radius 2 is 1.62 bits per heavy atom. The Labute approximate surface area is 290 Å². The molecule has 4 rings (SSSR count). The second kappa shape index (κ2) is 20.6. The number of carbonyl (C=O) groups is 1. The standard InChI is InChI=1S/C39H57NO5S2/c40-21-20-32-17-16-31(14-7-15-37(42)39(45)33-11-2-1-3-12-33)36(23-28-8-6-9-29(22-28)25-41)27-47-46-26-35-13-5-4-10-30(35)18-19-34(32)24-38(43)44/h4-10,13,15,22,31-34,36-37,39,41-42,45H,1-3,11-12,14,16-21,23-27,40H2,(H,43,44)/t31-,32+,34-,36-,37+,39-/m1/s1. The molecule has 2 aromatic carbocycles. The molecule has 2 aromatic rings. The largest absolute Gasteiger partial charge is 0.481 e. The van der Waals surface area contributed by atoms with Crippen LogP contribution in [0, 0.1) is 29.6 Å². The van der Waals surface area contributed by atoms with Gasteiger partial charge in [-0.15, -0.1) is 0 Å². The van der Waals surface area contributed by atoms with Crippen molar-refractivity contribution in [1.82, 2.24) is 0 Å². The Hall–Kier alpha value is -1.81. The maximum absolute atomic E-state index is 12.1. The van der Waals surface area contributed by atoms with Gasteiger partial charge in [0.25, 0.3) is 0 Å². The normalized spacial score (nSPS) is 25.1. The molecule has 0 aromatic heterocycles. The van der Waals surface area contributed by atoms with Crippen LogP contribution in [-0.4, -0.2) is 50.9 Å². The first-order chi connectivity index (χ1) is 22.9. The van der Waals surface area contributed by atoms with Crippen LogP contribution in [0.5, 0.6) is 0 Å². The Balaban J connectivity index is 1.60. The SMILES string of the molecule is NCC[C@@H]1CC[C@@H](CC=C[C@H](O)[C@H](O)C2CCCCC2)[C@H](Cc2cccc(CO)c2)CSSCc2ccccc2CC[C@@H]1CC(=O)O. The molecule has 1 heterocycles. The third kappa shape index (κ3) is 12.5. The van der Waals surface area contributed by atoms with Gasteiger partial charge >= 0.3 is 5.97 Å². The molecule has 8 heteroatoms. The number of aryl methyl sites for hydroxylation is 1. The predicted octanol–water partition coefficient (Wildman–Crippen LogP) is 7.57. The maximum atomic E-state index is 12.1. The fraction of sp³-hybridized carbons (Fsp3) is 0.615. The highest BCUT2D eigenvalue weighted by atomic mass is 33.1. The number of aliphatic hydroxyl groups is 3. The first-order valence-electron chi connectivity index (χ1n) is 17.8. The Morgan fingerprint density at radius 1 is 0.872 bits per heavy atom. The van der Waals surface area contributed by atoms with Crippen molar-refractivity contribution < 1.29 is 25.2 Å². The van der Waals surface area contributed by atoms with E-state index in [-0.39, 0.29) is 30.8 Å². The fourth-order valence-electron chi connectivity index (χ4n) is 7.84. The fourth-order valence-corrected chi connectivity index (χ4v) is 10.4. The lowest BCUT2D eigenvalue weighted by Crippen LogP contribution is -2.33. The van der Waals surface area contributed by atoms with E-state index in [0.717, 1.165) is 87.7 Å². The number of hydrogen-bond donors (Lipinski definition) is 5. The number of carboxylic acids is 1. The summed E-state index contributed by atoms with van der Waals surface area (Å²) in [7, 11) is 3.81. The molecule has 1 aliphatic heterocycles. The van der Waals surface area contributed by atoms with E-state index in [9.17, 15) is 25.2 Å². The number of benzene rings is 2. The van der Waals surface area contributed by atoms with E-state index in [1.807, 2.05) is 39.8 Å². The average Bonchev–Trinajstić information content (AvgIpc) is 3.09. The highest BCUT2D eigenvalue weighted by molar-refractivity contribution is 8.76. The van der Waals surface area contributed by atoms with Crippen molar-refractivity contribution in [3.8, 4) is 0 Å². The van der Waals surface area contributed by atoms with Crippen molar-refractivity contribution in [3.05, 3.63) is 82.9 Å². The summed E-state index contributed by atoms with van der Waals surface area (Å²) in [5.74, 6) is 2.19. The van der Waals surface area contributed by atoms with E-state index < -0.39 is 18.2 Å². The van der Waals surface area contributed by atoms with Crippen LogP contribution in [0.2, 0.25) is 0 Å². The van der Waals surface area contributed by atoms with Gasteiger partial charge in [-0.25, -0.2) is 0 Å². The molecule has 6 atom stereocenters. The van der Waals surface area contributed by atoms with Crippen LogP contribution < -0.4 is 5.73 Å². The van der Waals surface area contributed by atoms with Gasteiger partial charge in [0.2, 0.25) is 0 Å². The number of carboxylic acid groups (broad SMARTS) is 1. The summed E-state index contributed by atoms with van der Waals surface area (Å²) in [6, 6.07) is 16.8. The van der Waals surface area contributed by atoms with Gasteiger partial charge in [-0.05, 0) is 116 Å². The lowest BCUT2D eigenvalue weighted by Gasteiger charge is -2.32. The molecule has 1 aliphatic carbocycles. The molecule has 47 heavy (non-hydrogen) atoms. The van der Waals surface area contributed by atoms with E-state index in [0.29, 0.717) is 18.4 Å². The number of hydrogen-bond acceptors (Lipinski definition) is 7. The third-order valence-electron chi connectivity index (χ3n) is 10.6. The van der Waals surface area contributed by atoms with Crippen LogP contribution in [0.3, 0.4) is 0 Å². The molecule has 6 N–H and O–H groups in total. The lowest BCUT2D eigenvalue weighted by atomic mass is 9.75. The molecule has 0 amide bonds. The van der Waals surface area contributed by atoms with Crippen LogP contribution in [0.15, 0.2) is 60.7 Å². The summed E-state index contributed by atoms with van der Waals surface area (Å²) in [5.41, 5.74) is 10.9. The summed E-state index contributed by atoms with van der Waals surface area (Å²) in [4.78, 5) is 12.1. The molecule has 1 fully saturated rings. The molecule has 0 unspecified atom stereocenters. The van der Waals surface area contributed by atoms with Gasteiger partial charge < -0.3 is 26.2 Å². The maximum Gasteiger partial charge on any atom is 0.303 e. The van der Waals surface area contributed by atoms with Gasteiger partial charge in [-0.1, -0.05) is 102 Å². The zero-order chi connectivity index (χ0) is 33.4. The second-order valence-corrected chi connectivity index (χ2v) is 16.4. The highest BCUT2D eigenvalue weighted by Gasteiger charge is 2.29. The van der Waals surface area contributed by atoms with Crippen LogP contribution in [0.4, 0.5) is 0 Å². The Bertz CT molecular complexity index is 1240. The van der Waals surface area contributed by atoms with Crippen molar-refractivity contribution in [1.29, 1.82) is 0 Å². The van der Waals surface area contributed by atoms with E-state index in [4.69, 9.17) is 5.73 Å². The van der Waals surface area contributed by atoms with Gasteiger partial charge in [0, 0.05) is 17.9 Å². The minimum Gasteiger partial charge on any atom is -0.481 e. The number of rotatable bonds is 12. The van der Waals surface area contributed by atoms with Crippen LogP contribution in [0.1, 0.15) is 92.9 Å². The quantitative estimate of drug-likeness (QED) is 0.115. The number of allylic oxidation sites excluding steroid dienone is 1. The smallest absolute Gasteiger partial charge is 0.303 e. The molecule has 0 spiro atoms. The summed E-state index contributed by atoms with van der Waals surface area (Å²) in [6.45, 7) is 0.554. The van der Waals surface area contributed by atoms with Crippen molar-refractivity contribution in [3.63, 3.8) is 0 Å². The van der Waals surface area contributed by atoms with E-state index in [2.05, 4.69) is 42.5 Å². The Kier molecular flexibility index (Phi) is 16.7. The zero-order valence-corrected chi connectivity index (χ0v) is 29.6. The molecular formula is C39H57NO5S2. The van der Waals surface area contributed by atoms with Crippen molar-refractivity contribution in [2.75, 3.05) is 12.3 Å². The molecule has 0 bridgehead atoms. The average molecular weight is 684 g/mol. The molecule has 0 radical (unpaired) electrons. The van der Waals surface area contributed by atoms with Crippen LogP contribution in [0.25, 0.3) is 0 Å². The minimum atomic E-state index is -0.869. The molecule has 260 valence electrons. The van der Waals surface area contributed by atoms with Gasteiger partial charge in [0.05, 0.1) is 18.8 Å². The number of aliphatic hydroxyl groups excluding tert-OH is 3. The van der Waals surface area contributed by atoms with Crippen LogP contribution >= 0.6 is 21.6 Å². The zero-order valence-electron chi connectivity index (χ0n) is 27.9. The van der Waals surface area contributed by atoms with E-state index >= 15 is 0 Å². The van der Waals surface area contributed by atoms with Crippen LogP contribution in [-0.2, 0) is 30.0 Å². The highest BCUT2D eigenvalue weighted by Crippen LogP contribution is 2.39. The summed E-state index contributed by atoms with van der Waals surface area (Å²) >= 11 is 0. The lowest BCUT2D eigenvalue weighted by molar-refractivity contribution is -0.138. The minimum absolute atomic E-state index is 0.0155. The molecular weight excluding hydrogens is 627 g/mol. The third-order valence-corrected chi connectivity index (χ3v) is 13.0. The van der Waals surface area contributed by atoms with Gasteiger partial charge in [0.1, 0.15) is 0 Å². The summed E-state index contributed by atoms with van der Waals surface area (Å²) < 4.78 is 0. The first-order valence-corrected chi connectivity index (χ1v) is 20.3.